The Morgan fingerprint density at radius 1 is 1.13 bits per heavy atom. The molecule has 2 N–H and O–H groups in total. The number of carboxylic acid groups (broad SMARTS) is 2. The Morgan fingerprint density at radius 3 is 2.13 bits per heavy atom. The summed E-state index contributed by atoms with van der Waals surface area (Å²) in [6.45, 7) is 3.68. The Bertz CT molecular complexity index is 558. The molecule has 0 aliphatic rings. The van der Waals surface area contributed by atoms with Crippen LogP contribution in [0.2, 0.25) is 0 Å². The minimum atomic E-state index is -1.97. The number of likely N-dealkylation sites (N-methyl/N-ethyl adjacent to an activating group) is 1. The smallest absolute Gasteiger partial charge is 0.335 e. The van der Waals surface area contributed by atoms with Gasteiger partial charge in [0.25, 0.3) is 0 Å². The second kappa shape index (κ2) is 7.82. The van der Waals surface area contributed by atoms with Gasteiger partial charge < -0.3 is 19.7 Å². The van der Waals surface area contributed by atoms with E-state index in [4.69, 9.17) is 9.47 Å². The number of carboxylic acids is 2. The van der Waals surface area contributed by atoms with Gasteiger partial charge in [-0.15, -0.1) is 0 Å². The Hall–Kier alpha value is -2.28. The molecule has 0 amide bonds. The van der Waals surface area contributed by atoms with E-state index in [2.05, 4.69) is 0 Å². The van der Waals surface area contributed by atoms with Crippen LogP contribution in [0.3, 0.4) is 0 Å². The van der Waals surface area contributed by atoms with E-state index in [1.165, 1.54) is 19.1 Å². The minimum Gasteiger partial charge on any atom is -0.497 e. The van der Waals surface area contributed by atoms with Crippen molar-refractivity contribution < 1.29 is 29.3 Å². The molecule has 0 heterocycles. The predicted molar refractivity (Wildman–Crippen MR) is 83.9 cm³/mol. The first-order valence-electron chi connectivity index (χ1n) is 7.30. The second-order valence-electron chi connectivity index (χ2n) is 5.02. The average molecular weight is 325 g/mol. The predicted octanol–water partition coefficient (Wildman–Crippen LogP) is 1.84. The van der Waals surface area contributed by atoms with Gasteiger partial charge in [0, 0.05) is 18.2 Å². The molecule has 7 nitrogen and oxygen atoms in total. The fraction of sp³-hybridized carbons (Fsp3) is 0.500. The van der Waals surface area contributed by atoms with Gasteiger partial charge >= 0.3 is 11.9 Å². The first-order valence-corrected chi connectivity index (χ1v) is 7.30. The summed E-state index contributed by atoms with van der Waals surface area (Å²) in [5.41, 5.74) is -1.28. The molecule has 23 heavy (non-hydrogen) atoms. The van der Waals surface area contributed by atoms with Crippen LogP contribution in [0.5, 0.6) is 11.5 Å². The summed E-state index contributed by atoms with van der Waals surface area (Å²) in [6, 6.07) is 5.14. The highest BCUT2D eigenvalue weighted by atomic mass is 16.5. The molecule has 7 heteroatoms. The summed E-state index contributed by atoms with van der Waals surface area (Å²) < 4.78 is 10.4. The topological polar surface area (TPSA) is 96.3 Å². The monoisotopic (exact) mass is 325 g/mol. The molecule has 1 aromatic rings. The minimum absolute atomic E-state index is 0.0516. The lowest BCUT2D eigenvalue weighted by atomic mass is 9.93. The van der Waals surface area contributed by atoms with E-state index >= 15 is 0 Å². The van der Waals surface area contributed by atoms with Gasteiger partial charge in [0.2, 0.25) is 5.54 Å². The molecular weight excluding hydrogens is 302 g/mol. The highest BCUT2D eigenvalue weighted by Gasteiger charge is 2.49. The Morgan fingerprint density at radius 2 is 1.74 bits per heavy atom. The van der Waals surface area contributed by atoms with Crippen LogP contribution in [0, 0.1) is 0 Å². The van der Waals surface area contributed by atoms with Gasteiger partial charge in [-0.25, -0.2) is 9.59 Å². The van der Waals surface area contributed by atoms with Crippen molar-refractivity contribution >= 4 is 11.9 Å². The molecule has 0 atom stereocenters. The quantitative estimate of drug-likeness (QED) is 0.669. The van der Waals surface area contributed by atoms with Gasteiger partial charge in [0.15, 0.2) is 0 Å². The van der Waals surface area contributed by atoms with Crippen LogP contribution in [-0.4, -0.2) is 53.4 Å². The molecule has 0 aliphatic heterocycles. The van der Waals surface area contributed by atoms with Crippen LogP contribution in [0.4, 0.5) is 0 Å². The van der Waals surface area contributed by atoms with Gasteiger partial charge in [0.05, 0.1) is 14.2 Å². The molecule has 0 spiro atoms. The standard InChI is InChI=1S/C16H23NO6/c1-5-16(14(18)19,15(20)21)17(6-2)10-11-7-8-12(22-3)9-13(11)23-4/h7-9H,5-6,10H2,1-4H3,(H,18,19)(H,20,21). The van der Waals surface area contributed by atoms with E-state index < -0.39 is 17.5 Å². The molecule has 0 saturated carbocycles. The van der Waals surface area contributed by atoms with Crippen molar-refractivity contribution in [2.24, 2.45) is 0 Å². The molecule has 0 bridgehead atoms. The van der Waals surface area contributed by atoms with E-state index in [-0.39, 0.29) is 19.5 Å². The summed E-state index contributed by atoms with van der Waals surface area (Å²) in [7, 11) is 3.03. The van der Waals surface area contributed by atoms with Gasteiger partial charge in [-0.3, -0.25) is 4.90 Å². The van der Waals surface area contributed by atoms with Crippen LogP contribution in [0.1, 0.15) is 25.8 Å². The van der Waals surface area contributed by atoms with Crippen molar-refractivity contribution in [3.63, 3.8) is 0 Å². The van der Waals surface area contributed by atoms with E-state index in [0.717, 1.165) is 0 Å². The molecule has 0 saturated heterocycles. The average Bonchev–Trinajstić information content (AvgIpc) is 2.54. The Kier molecular flexibility index (Phi) is 6.38. The van der Waals surface area contributed by atoms with Crippen molar-refractivity contribution in [3.05, 3.63) is 23.8 Å². The molecule has 0 aliphatic carbocycles. The van der Waals surface area contributed by atoms with Crippen LogP contribution in [-0.2, 0) is 16.1 Å². The second-order valence-corrected chi connectivity index (χ2v) is 5.02. The Labute approximate surface area is 135 Å². The van der Waals surface area contributed by atoms with Crippen LogP contribution >= 0.6 is 0 Å². The van der Waals surface area contributed by atoms with Gasteiger partial charge in [-0.2, -0.15) is 0 Å². The number of hydrogen-bond donors (Lipinski definition) is 2. The molecule has 0 aromatic heterocycles. The SMILES string of the molecule is CCN(Cc1ccc(OC)cc1OC)C(CC)(C(=O)O)C(=O)O. The molecule has 0 radical (unpaired) electrons. The summed E-state index contributed by atoms with van der Waals surface area (Å²) in [5.74, 6) is -1.63. The summed E-state index contributed by atoms with van der Waals surface area (Å²) in [5, 5.41) is 19.0. The maximum atomic E-state index is 11.7. The van der Waals surface area contributed by atoms with E-state index in [1.54, 1.807) is 32.0 Å². The van der Waals surface area contributed by atoms with Crippen molar-refractivity contribution in [2.45, 2.75) is 32.4 Å². The zero-order chi connectivity index (χ0) is 17.6. The number of hydrogen-bond acceptors (Lipinski definition) is 5. The number of rotatable bonds is 9. The highest BCUT2D eigenvalue weighted by molar-refractivity contribution is 6.03. The van der Waals surface area contributed by atoms with E-state index in [1.807, 2.05) is 0 Å². The number of ether oxygens (including phenoxy) is 2. The number of aliphatic carboxylic acids is 2. The fourth-order valence-electron chi connectivity index (χ4n) is 2.59. The molecule has 0 unspecified atom stereocenters. The van der Waals surface area contributed by atoms with Crippen LogP contribution in [0.15, 0.2) is 18.2 Å². The molecule has 0 fully saturated rings. The van der Waals surface area contributed by atoms with Gasteiger partial charge in [-0.05, 0) is 19.0 Å². The van der Waals surface area contributed by atoms with Crippen molar-refractivity contribution in [2.75, 3.05) is 20.8 Å². The molecule has 1 aromatic carbocycles. The molecule has 1 rings (SSSR count). The maximum absolute atomic E-state index is 11.7. The summed E-state index contributed by atoms with van der Waals surface area (Å²) in [4.78, 5) is 24.7. The lowest BCUT2D eigenvalue weighted by molar-refractivity contribution is -0.168. The van der Waals surface area contributed by atoms with Crippen molar-refractivity contribution in [1.29, 1.82) is 0 Å². The highest BCUT2D eigenvalue weighted by Crippen LogP contribution is 2.29. The normalized spacial score (nSPS) is 11.3. The molecular formula is C16H23NO6. The van der Waals surface area contributed by atoms with Crippen LogP contribution < -0.4 is 9.47 Å². The third kappa shape index (κ3) is 3.56. The lowest BCUT2D eigenvalue weighted by Crippen LogP contribution is -2.59. The Balaban J connectivity index is 3.26. The zero-order valence-corrected chi connectivity index (χ0v) is 13.8. The van der Waals surface area contributed by atoms with Crippen LogP contribution in [0.25, 0.3) is 0 Å². The lowest BCUT2D eigenvalue weighted by Gasteiger charge is -2.36. The first kappa shape index (κ1) is 18.8. The van der Waals surface area contributed by atoms with E-state index in [0.29, 0.717) is 17.1 Å². The number of carbonyl (C=O) groups is 2. The summed E-state index contributed by atoms with van der Waals surface area (Å²) in [6.07, 6.45) is -0.0516. The number of benzene rings is 1. The third-order valence-electron chi connectivity index (χ3n) is 4.00. The number of nitrogens with zero attached hydrogens (tertiary/aromatic N) is 1. The fourth-order valence-corrected chi connectivity index (χ4v) is 2.59. The number of methoxy groups -OCH3 is 2. The van der Waals surface area contributed by atoms with Crippen molar-refractivity contribution in [1.82, 2.24) is 4.90 Å². The van der Waals surface area contributed by atoms with Gasteiger partial charge in [-0.1, -0.05) is 19.9 Å². The van der Waals surface area contributed by atoms with Gasteiger partial charge in [0.1, 0.15) is 11.5 Å². The molecule has 128 valence electrons. The third-order valence-corrected chi connectivity index (χ3v) is 4.00. The zero-order valence-electron chi connectivity index (χ0n) is 13.8. The van der Waals surface area contributed by atoms with Crippen molar-refractivity contribution in [3.8, 4) is 11.5 Å². The van der Waals surface area contributed by atoms with E-state index in [9.17, 15) is 19.8 Å². The first-order chi connectivity index (χ1) is 10.9. The summed E-state index contributed by atoms with van der Waals surface area (Å²) >= 11 is 0. The largest absolute Gasteiger partial charge is 0.497 e. The maximum Gasteiger partial charge on any atom is 0.335 e.